The molecule has 0 aromatic heterocycles. The third-order valence-electron chi connectivity index (χ3n) is 4.18. The van der Waals surface area contributed by atoms with Crippen LogP contribution in [0.1, 0.15) is 23.2 Å². The van der Waals surface area contributed by atoms with Gasteiger partial charge in [-0.2, -0.15) is 8.42 Å². The van der Waals surface area contributed by atoms with E-state index in [0.29, 0.717) is 30.2 Å². The molecule has 2 heterocycles. The van der Waals surface area contributed by atoms with Gasteiger partial charge in [-0.05, 0) is 38.1 Å². The van der Waals surface area contributed by atoms with E-state index in [1.54, 1.807) is 0 Å². The molecule has 0 atom stereocenters. The SMILES string of the molecule is O=C1CNC2(CCNCC2)N1S(=O)(=O)C(=O)c1ccccc1F. The van der Waals surface area contributed by atoms with E-state index in [-0.39, 0.29) is 6.54 Å². The second-order valence-corrected chi connectivity index (χ2v) is 7.25. The van der Waals surface area contributed by atoms with Crippen LogP contribution in [0.2, 0.25) is 0 Å². The molecule has 1 amide bonds. The van der Waals surface area contributed by atoms with Gasteiger partial charge in [0.15, 0.2) is 0 Å². The number of hydrogen-bond donors (Lipinski definition) is 2. The van der Waals surface area contributed by atoms with Crippen molar-refractivity contribution in [2.75, 3.05) is 19.6 Å². The second-order valence-electron chi connectivity index (χ2n) is 5.57. The highest BCUT2D eigenvalue weighted by Crippen LogP contribution is 2.32. The van der Waals surface area contributed by atoms with Gasteiger partial charge in [0.1, 0.15) is 11.5 Å². The van der Waals surface area contributed by atoms with E-state index in [9.17, 15) is 22.4 Å². The lowest BCUT2D eigenvalue weighted by Gasteiger charge is -2.39. The predicted octanol–water partition coefficient (Wildman–Crippen LogP) is -0.193. The summed E-state index contributed by atoms with van der Waals surface area (Å²) in [5.41, 5.74) is -1.67. The number of nitrogens with zero attached hydrogens (tertiary/aromatic N) is 1. The van der Waals surface area contributed by atoms with Crippen molar-refractivity contribution in [2.24, 2.45) is 0 Å². The summed E-state index contributed by atoms with van der Waals surface area (Å²) in [6, 6.07) is 4.83. The molecular formula is C14H16FN3O4S. The summed E-state index contributed by atoms with van der Waals surface area (Å²) in [7, 11) is -4.66. The zero-order valence-electron chi connectivity index (χ0n) is 12.2. The quantitative estimate of drug-likeness (QED) is 0.774. The van der Waals surface area contributed by atoms with E-state index in [1.165, 1.54) is 12.1 Å². The number of nitrogens with one attached hydrogen (secondary N) is 2. The molecule has 1 aromatic rings. The Morgan fingerprint density at radius 2 is 1.87 bits per heavy atom. The number of hydrogen-bond acceptors (Lipinski definition) is 6. The minimum absolute atomic E-state index is 0.163. The fraction of sp³-hybridized carbons (Fsp3) is 0.429. The first kappa shape index (κ1) is 16.0. The summed E-state index contributed by atoms with van der Waals surface area (Å²) in [5, 5.41) is 4.59. The molecular weight excluding hydrogens is 325 g/mol. The number of carbonyl (C=O) groups is 2. The van der Waals surface area contributed by atoms with Gasteiger partial charge in [-0.25, -0.2) is 8.70 Å². The molecule has 1 aromatic carbocycles. The normalized spacial score (nSPS) is 20.9. The molecule has 124 valence electrons. The monoisotopic (exact) mass is 341 g/mol. The zero-order chi connectivity index (χ0) is 16.7. The molecule has 2 aliphatic rings. The Bertz CT molecular complexity index is 759. The first-order chi connectivity index (χ1) is 10.9. The lowest BCUT2D eigenvalue weighted by atomic mass is 9.99. The fourth-order valence-corrected chi connectivity index (χ4v) is 4.70. The molecule has 0 radical (unpaired) electrons. The van der Waals surface area contributed by atoms with Gasteiger partial charge in [0, 0.05) is 0 Å². The third-order valence-corrected chi connectivity index (χ3v) is 5.91. The molecule has 2 N–H and O–H groups in total. The van der Waals surface area contributed by atoms with Crippen LogP contribution in [0.25, 0.3) is 0 Å². The van der Waals surface area contributed by atoms with Gasteiger partial charge < -0.3 is 5.32 Å². The van der Waals surface area contributed by atoms with Crippen molar-refractivity contribution in [3.63, 3.8) is 0 Å². The number of halogens is 1. The molecule has 2 fully saturated rings. The van der Waals surface area contributed by atoms with Gasteiger partial charge in [-0.15, -0.1) is 0 Å². The molecule has 9 heteroatoms. The highest BCUT2D eigenvalue weighted by molar-refractivity contribution is 8.05. The lowest BCUT2D eigenvalue weighted by molar-refractivity contribution is -0.125. The Labute approximate surface area is 132 Å². The second kappa shape index (κ2) is 5.66. The number of piperidine rings is 1. The molecule has 1 spiro atoms. The highest BCUT2D eigenvalue weighted by atomic mass is 32.2. The van der Waals surface area contributed by atoms with Crippen molar-refractivity contribution in [1.82, 2.24) is 14.9 Å². The standard InChI is InChI=1S/C14H16FN3O4S/c15-11-4-2-1-3-10(11)13(20)23(21,22)18-12(19)9-17-14(18)5-7-16-8-6-14/h1-4,16-17H,5-9H2. The first-order valence-corrected chi connectivity index (χ1v) is 8.65. The Kier molecular flexibility index (Phi) is 3.95. The number of sulfonamides is 1. The van der Waals surface area contributed by atoms with Gasteiger partial charge in [0.05, 0.1) is 12.1 Å². The fourth-order valence-electron chi connectivity index (χ4n) is 3.06. The molecule has 0 saturated carbocycles. The average Bonchev–Trinajstić information content (AvgIpc) is 2.84. The zero-order valence-corrected chi connectivity index (χ0v) is 13.0. The maximum Gasteiger partial charge on any atom is 0.306 e. The molecule has 7 nitrogen and oxygen atoms in total. The van der Waals surface area contributed by atoms with E-state index in [2.05, 4.69) is 10.6 Å². The Morgan fingerprint density at radius 1 is 1.22 bits per heavy atom. The van der Waals surface area contributed by atoms with Crippen molar-refractivity contribution in [2.45, 2.75) is 18.5 Å². The van der Waals surface area contributed by atoms with E-state index >= 15 is 0 Å². The predicted molar refractivity (Wildman–Crippen MR) is 79.3 cm³/mol. The van der Waals surface area contributed by atoms with E-state index in [4.69, 9.17) is 0 Å². The maximum atomic E-state index is 13.8. The summed E-state index contributed by atoms with van der Waals surface area (Å²) in [6.45, 7) is 0.865. The van der Waals surface area contributed by atoms with Crippen LogP contribution in [0.5, 0.6) is 0 Å². The van der Waals surface area contributed by atoms with Gasteiger partial charge in [0.25, 0.3) is 11.0 Å². The van der Waals surface area contributed by atoms with Crippen LogP contribution in [0.3, 0.4) is 0 Å². The number of carbonyl (C=O) groups excluding carboxylic acids is 2. The van der Waals surface area contributed by atoms with Crippen LogP contribution in [0.4, 0.5) is 4.39 Å². The van der Waals surface area contributed by atoms with Crippen molar-refractivity contribution in [3.05, 3.63) is 35.6 Å². The van der Waals surface area contributed by atoms with E-state index in [1.807, 2.05) is 0 Å². The van der Waals surface area contributed by atoms with Gasteiger partial charge in [-0.3, -0.25) is 14.9 Å². The Balaban J connectivity index is 2.02. The van der Waals surface area contributed by atoms with Crippen LogP contribution >= 0.6 is 0 Å². The maximum absolute atomic E-state index is 13.8. The number of benzene rings is 1. The topological polar surface area (TPSA) is 95.6 Å². The number of rotatable bonds is 2. The highest BCUT2D eigenvalue weighted by Gasteiger charge is 2.53. The van der Waals surface area contributed by atoms with Crippen molar-refractivity contribution < 1.29 is 22.4 Å². The third kappa shape index (κ3) is 2.54. The summed E-state index contributed by atoms with van der Waals surface area (Å²) in [4.78, 5) is 24.5. The minimum Gasteiger partial charge on any atom is -0.316 e. The largest absolute Gasteiger partial charge is 0.316 e. The first-order valence-electron chi connectivity index (χ1n) is 7.21. The van der Waals surface area contributed by atoms with Crippen LogP contribution in [0, 0.1) is 5.82 Å². The van der Waals surface area contributed by atoms with Crippen LogP contribution in [-0.2, 0) is 14.8 Å². The van der Waals surface area contributed by atoms with Gasteiger partial charge >= 0.3 is 10.0 Å². The molecule has 0 aliphatic carbocycles. The summed E-state index contributed by atoms with van der Waals surface area (Å²) in [6.07, 6.45) is 0.699. The van der Waals surface area contributed by atoms with Crippen molar-refractivity contribution in [1.29, 1.82) is 0 Å². The van der Waals surface area contributed by atoms with E-state index in [0.717, 1.165) is 12.1 Å². The van der Waals surface area contributed by atoms with Crippen molar-refractivity contribution in [3.8, 4) is 0 Å². The summed E-state index contributed by atoms with van der Waals surface area (Å²) >= 11 is 0. The molecule has 2 saturated heterocycles. The smallest absolute Gasteiger partial charge is 0.306 e. The Morgan fingerprint density at radius 3 is 2.52 bits per heavy atom. The lowest BCUT2D eigenvalue weighted by Crippen LogP contribution is -2.60. The van der Waals surface area contributed by atoms with E-state index < -0.39 is 38.1 Å². The summed E-state index contributed by atoms with van der Waals surface area (Å²) in [5.74, 6) is -1.63. The molecule has 3 rings (SSSR count). The molecule has 0 unspecified atom stereocenters. The minimum atomic E-state index is -4.66. The van der Waals surface area contributed by atoms with Gasteiger partial charge in [-0.1, -0.05) is 12.1 Å². The van der Waals surface area contributed by atoms with Gasteiger partial charge in [0.2, 0.25) is 0 Å². The van der Waals surface area contributed by atoms with Crippen LogP contribution in [0.15, 0.2) is 24.3 Å². The molecule has 2 aliphatic heterocycles. The van der Waals surface area contributed by atoms with Crippen LogP contribution < -0.4 is 10.6 Å². The number of amides is 1. The molecule has 23 heavy (non-hydrogen) atoms. The molecule has 0 bridgehead atoms. The Hall–Kier alpha value is -1.84. The van der Waals surface area contributed by atoms with Crippen molar-refractivity contribution >= 4 is 21.0 Å². The van der Waals surface area contributed by atoms with Crippen LogP contribution in [-0.4, -0.2) is 49.0 Å². The average molecular weight is 341 g/mol. The summed E-state index contributed by atoms with van der Waals surface area (Å²) < 4.78 is 39.8.